The summed E-state index contributed by atoms with van der Waals surface area (Å²) in [7, 11) is 0. The fraction of sp³-hybridized carbons (Fsp3) is 0.462. The maximum Gasteiger partial charge on any atom is 0.256 e. The van der Waals surface area contributed by atoms with Crippen molar-refractivity contribution in [3.8, 4) is 5.75 Å². The molecule has 0 aliphatic carbocycles. The van der Waals surface area contributed by atoms with Gasteiger partial charge in [0.1, 0.15) is 5.75 Å². The Morgan fingerprint density at radius 1 is 1.03 bits per heavy atom. The van der Waals surface area contributed by atoms with Gasteiger partial charge in [0, 0.05) is 25.6 Å². The first kappa shape index (κ1) is 23.3. The molecule has 2 aromatic rings. The number of nitrogens with one attached hydrogen (secondary N) is 1. The van der Waals surface area contributed by atoms with Crippen molar-refractivity contribution in [3.05, 3.63) is 59.7 Å². The highest BCUT2D eigenvalue weighted by atomic mass is 16.5. The summed E-state index contributed by atoms with van der Waals surface area (Å²) in [5.74, 6) is 0.783. The molecule has 7 heteroatoms. The molecule has 4 rings (SSSR count). The van der Waals surface area contributed by atoms with Crippen LogP contribution in [-0.4, -0.2) is 67.6 Å². The second kappa shape index (κ2) is 11.3. The molecule has 2 aromatic carbocycles. The standard InChI is InChI=1S/C26H33N3O4/c1-2-33-22-7-5-6-20(18-22)19-28-12-10-21(11-13-28)25(30)27-24-9-4-3-8-23(24)26(31)29-14-16-32-17-15-29/h3-9,18,21H,2,10-17,19H2,1H3,(H,27,30). The van der Waals surface area contributed by atoms with E-state index < -0.39 is 0 Å². The van der Waals surface area contributed by atoms with Gasteiger partial charge in [0.2, 0.25) is 5.91 Å². The lowest BCUT2D eigenvalue weighted by Gasteiger charge is -2.31. The molecule has 0 spiro atoms. The van der Waals surface area contributed by atoms with Gasteiger partial charge in [-0.2, -0.15) is 0 Å². The molecule has 2 aliphatic rings. The normalized spacial score (nSPS) is 17.5. The molecular formula is C26H33N3O4. The third kappa shape index (κ3) is 6.12. The maximum absolute atomic E-state index is 13.0. The van der Waals surface area contributed by atoms with Gasteiger partial charge in [-0.3, -0.25) is 14.5 Å². The average molecular weight is 452 g/mol. The molecule has 2 aliphatic heterocycles. The number of hydrogen-bond acceptors (Lipinski definition) is 5. The highest BCUT2D eigenvalue weighted by Gasteiger charge is 2.27. The van der Waals surface area contributed by atoms with Crippen LogP contribution in [0.3, 0.4) is 0 Å². The Labute approximate surface area is 195 Å². The van der Waals surface area contributed by atoms with Crippen LogP contribution >= 0.6 is 0 Å². The van der Waals surface area contributed by atoms with E-state index in [0.29, 0.717) is 44.2 Å². The lowest BCUT2D eigenvalue weighted by molar-refractivity contribution is -0.121. The van der Waals surface area contributed by atoms with Crippen LogP contribution < -0.4 is 10.1 Å². The summed E-state index contributed by atoms with van der Waals surface area (Å²) in [5.41, 5.74) is 2.35. The number of para-hydroxylation sites is 1. The van der Waals surface area contributed by atoms with Crippen LogP contribution in [-0.2, 0) is 16.1 Å². The predicted molar refractivity (Wildman–Crippen MR) is 127 cm³/mol. The van der Waals surface area contributed by atoms with Crippen molar-refractivity contribution in [3.63, 3.8) is 0 Å². The topological polar surface area (TPSA) is 71.1 Å². The largest absolute Gasteiger partial charge is 0.494 e. The molecule has 0 saturated carbocycles. The van der Waals surface area contributed by atoms with Gasteiger partial charge in [0.05, 0.1) is 31.1 Å². The van der Waals surface area contributed by atoms with E-state index in [1.807, 2.05) is 37.3 Å². The minimum atomic E-state index is -0.0571. The van der Waals surface area contributed by atoms with Crippen molar-refractivity contribution in [1.82, 2.24) is 9.80 Å². The number of ether oxygens (including phenoxy) is 2. The Kier molecular flexibility index (Phi) is 7.96. The van der Waals surface area contributed by atoms with Crippen LogP contribution in [0, 0.1) is 5.92 Å². The van der Waals surface area contributed by atoms with Crippen molar-refractivity contribution >= 4 is 17.5 Å². The lowest BCUT2D eigenvalue weighted by Crippen LogP contribution is -2.41. The summed E-state index contributed by atoms with van der Waals surface area (Å²) in [6, 6.07) is 15.5. The Balaban J connectivity index is 1.32. The molecule has 2 amide bonds. The Hall–Kier alpha value is -2.90. The fourth-order valence-electron chi connectivity index (χ4n) is 4.46. The van der Waals surface area contributed by atoms with Crippen molar-refractivity contribution in [2.75, 3.05) is 51.3 Å². The van der Waals surface area contributed by atoms with Crippen molar-refractivity contribution in [2.45, 2.75) is 26.3 Å². The summed E-state index contributed by atoms with van der Waals surface area (Å²) in [4.78, 5) is 30.1. The monoisotopic (exact) mass is 451 g/mol. The highest BCUT2D eigenvalue weighted by molar-refractivity contribution is 6.04. The maximum atomic E-state index is 13.0. The van der Waals surface area contributed by atoms with Gasteiger partial charge in [0.25, 0.3) is 5.91 Å². The van der Waals surface area contributed by atoms with Gasteiger partial charge in [-0.25, -0.2) is 0 Å². The van der Waals surface area contributed by atoms with Crippen molar-refractivity contribution < 1.29 is 19.1 Å². The lowest BCUT2D eigenvalue weighted by atomic mass is 9.95. The van der Waals surface area contributed by atoms with E-state index in [9.17, 15) is 9.59 Å². The fourth-order valence-corrected chi connectivity index (χ4v) is 4.46. The number of hydrogen-bond donors (Lipinski definition) is 1. The Bertz CT molecular complexity index is 950. The van der Waals surface area contributed by atoms with Crippen LogP contribution in [0.15, 0.2) is 48.5 Å². The zero-order valence-corrected chi connectivity index (χ0v) is 19.3. The van der Waals surface area contributed by atoms with E-state index >= 15 is 0 Å². The van der Waals surface area contributed by atoms with E-state index in [0.717, 1.165) is 38.2 Å². The number of carbonyl (C=O) groups excluding carboxylic acids is 2. The summed E-state index contributed by atoms with van der Waals surface area (Å²) >= 11 is 0. The number of anilines is 1. The highest BCUT2D eigenvalue weighted by Crippen LogP contribution is 2.24. The van der Waals surface area contributed by atoms with Gasteiger partial charge in [-0.05, 0) is 62.7 Å². The second-order valence-corrected chi connectivity index (χ2v) is 8.57. The third-order valence-corrected chi connectivity index (χ3v) is 6.29. The summed E-state index contributed by atoms with van der Waals surface area (Å²) in [6.07, 6.45) is 1.60. The molecule has 2 heterocycles. The van der Waals surface area contributed by atoms with Crippen LogP contribution in [0.25, 0.3) is 0 Å². The number of nitrogens with zero attached hydrogens (tertiary/aromatic N) is 2. The van der Waals surface area contributed by atoms with Crippen LogP contribution in [0.2, 0.25) is 0 Å². The van der Waals surface area contributed by atoms with E-state index in [2.05, 4.69) is 22.3 Å². The minimum Gasteiger partial charge on any atom is -0.494 e. The van der Waals surface area contributed by atoms with Crippen molar-refractivity contribution in [2.24, 2.45) is 5.92 Å². The first-order chi connectivity index (χ1) is 16.1. The molecule has 0 unspecified atom stereocenters. The van der Waals surface area contributed by atoms with Gasteiger partial charge >= 0.3 is 0 Å². The van der Waals surface area contributed by atoms with Crippen LogP contribution in [0.1, 0.15) is 35.7 Å². The number of likely N-dealkylation sites (tertiary alicyclic amines) is 1. The SMILES string of the molecule is CCOc1cccc(CN2CCC(C(=O)Nc3ccccc3C(=O)N3CCOCC3)CC2)c1. The summed E-state index contributed by atoms with van der Waals surface area (Å²) in [6.45, 7) is 7.48. The van der Waals surface area contributed by atoms with Crippen LogP contribution in [0.5, 0.6) is 5.75 Å². The molecule has 33 heavy (non-hydrogen) atoms. The number of carbonyl (C=O) groups is 2. The number of benzene rings is 2. The van der Waals surface area contributed by atoms with E-state index in [1.165, 1.54) is 5.56 Å². The number of morpholine rings is 1. The van der Waals surface area contributed by atoms with Gasteiger partial charge in [0.15, 0.2) is 0 Å². The molecule has 2 fully saturated rings. The van der Waals surface area contributed by atoms with E-state index in [1.54, 1.807) is 11.0 Å². The number of amides is 2. The van der Waals surface area contributed by atoms with Crippen molar-refractivity contribution in [1.29, 1.82) is 0 Å². The zero-order chi connectivity index (χ0) is 23.0. The summed E-state index contributed by atoms with van der Waals surface area (Å²) in [5, 5.41) is 3.03. The van der Waals surface area contributed by atoms with E-state index in [-0.39, 0.29) is 17.7 Å². The molecule has 0 atom stereocenters. The first-order valence-corrected chi connectivity index (χ1v) is 11.8. The van der Waals surface area contributed by atoms with Crippen LogP contribution in [0.4, 0.5) is 5.69 Å². The molecule has 7 nitrogen and oxygen atoms in total. The minimum absolute atomic E-state index is 0.00443. The molecule has 176 valence electrons. The number of piperidine rings is 1. The smallest absolute Gasteiger partial charge is 0.256 e. The molecule has 2 saturated heterocycles. The van der Waals surface area contributed by atoms with Gasteiger partial charge in [-0.15, -0.1) is 0 Å². The Morgan fingerprint density at radius 2 is 1.79 bits per heavy atom. The number of rotatable bonds is 7. The molecule has 1 N–H and O–H groups in total. The van der Waals surface area contributed by atoms with E-state index in [4.69, 9.17) is 9.47 Å². The predicted octanol–water partition coefficient (Wildman–Crippen LogP) is 3.41. The molecule has 0 radical (unpaired) electrons. The third-order valence-electron chi connectivity index (χ3n) is 6.29. The van der Waals surface area contributed by atoms with Gasteiger partial charge < -0.3 is 19.7 Å². The first-order valence-electron chi connectivity index (χ1n) is 11.8. The zero-order valence-electron chi connectivity index (χ0n) is 19.3. The average Bonchev–Trinajstić information content (AvgIpc) is 2.85. The molecule has 0 bridgehead atoms. The second-order valence-electron chi connectivity index (χ2n) is 8.57. The molecule has 0 aromatic heterocycles. The Morgan fingerprint density at radius 3 is 2.55 bits per heavy atom. The summed E-state index contributed by atoms with van der Waals surface area (Å²) < 4.78 is 11.0. The quantitative estimate of drug-likeness (QED) is 0.699. The molecular weight excluding hydrogens is 418 g/mol. The van der Waals surface area contributed by atoms with Gasteiger partial charge in [-0.1, -0.05) is 24.3 Å².